The van der Waals surface area contributed by atoms with E-state index in [0.717, 1.165) is 0 Å². The predicted molar refractivity (Wildman–Crippen MR) is 86.1 cm³/mol. The molecule has 1 aliphatic heterocycles. The molecule has 1 aromatic carbocycles. The summed E-state index contributed by atoms with van der Waals surface area (Å²) in [4.78, 5) is 37.4. The number of aromatic nitrogens is 1. The molecule has 0 radical (unpaired) electrons. The molecule has 5 N–H and O–H groups in total. The van der Waals surface area contributed by atoms with Crippen molar-refractivity contribution in [3.8, 4) is 16.9 Å². The van der Waals surface area contributed by atoms with Gasteiger partial charge in [0.1, 0.15) is 22.7 Å². The minimum atomic E-state index is -1.61. The van der Waals surface area contributed by atoms with Crippen LogP contribution in [-0.4, -0.2) is 33.9 Å². The highest BCUT2D eigenvalue weighted by atomic mass is 35.5. The number of hydrogen-bond acceptors (Lipinski definition) is 6. The number of aromatic carboxylic acids is 2. The Morgan fingerprint density at radius 1 is 1.20 bits per heavy atom. The van der Waals surface area contributed by atoms with Crippen LogP contribution in [0.2, 0.25) is 5.02 Å². The Hall–Kier alpha value is -3.04. The summed E-state index contributed by atoms with van der Waals surface area (Å²) in [5.74, 6) is -3.41. The molecular weight excluding hydrogens is 356 g/mol. The minimum absolute atomic E-state index is 0.0402. The van der Waals surface area contributed by atoms with Crippen LogP contribution >= 0.6 is 11.6 Å². The molecule has 0 atom stereocenters. The Bertz CT molecular complexity index is 967. The maximum absolute atomic E-state index is 12.1. The normalized spacial score (nSPS) is 13.0. The van der Waals surface area contributed by atoms with Gasteiger partial charge in [0.25, 0.3) is 5.56 Å². The average molecular weight is 367 g/mol. The number of halogens is 1. The van der Waals surface area contributed by atoms with Crippen molar-refractivity contribution >= 4 is 29.4 Å². The molecule has 0 unspecified atom stereocenters. The Kier molecular flexibility index (Phi) is 4.11. The maximum atomic E-state index is 12.1. The van der Waals surface area contributed by atoms with Gasteiger partial charge in [0.05, 0.1) is 6.61 Å². The highest BCUT2D eigenvalue weighted by molar-refractivity contribution is 6.31. The van der Waals surface area contributed by atoms with Crippen molar-refractivity contribution in [2.75, 3.05) is 12.5 Å². The summed E-state index contributed by atoms with van der Waals surface area (Å²) in [6, 6.07) is 2.86. The largest absolute Gasteiger partial charge is 0.478 e. The second-order valence-electron chi connectivity index (χ2n) is 5.16. The Labute approximate surface area is 144 Å². The maximum Gasteiger partial charge on any atom is 0.342 e. The number of pyridine rings is 1. The number of carboxylic acids is 2. The summed E-state index contributed by atoms with van der Waals surface area (Å²) in [5.41, 5.74) is 3.40. The van der Waals surface area contributed by atoms with Crippen LogP contribution in [0.4, 0.5) is 5.82 Å². The molecule has 0 bridgehead atoms. The number of nitrogen functional groups attached to an aromatic ring is 1. The van der Waals surface area contributed by atoms with Gasteiger partial charge in [0, 0.05) is 21.7 Å². The monoisotopic (exact) mass is 366 g/mol. The van der Waals surface area contributed by atoms with Crippen LogP contribution in [0.1, 0.15) is 26.3 Å². The first-order chi connectivity index (χ1) is 11.8. The van der Waals surface area contributed by atoms with Crippen LogP contribution < -0.4 is 16.0 Å². The number of carboxylic acid groups (broad SMARTS) is 2. The number of aromatic amines is 1. The summed E-state index contributed by atoms with van der Waals surface area (Å²) in [6.45, 7) is 0.0114. The van der Waals surface area contributed by atoms with E-state index in [0.29, 0.717) is 5.56 Å². The van der Waals surface area contributed by atoms with Crippen LogP contribution in [-0.2, 0) is 11.3 Å². The molecule has 0 fully saturated rings. The van der Waals surface area contributed by atoms with Crippen molar-refractivity contribution in [2.24, 2.45) is 0 Å². The summed E-state index contributed by atoms with van der Waals surface area (Å²) >= 11 is 6.05. The fourth-order valence-corrected chi connectivity index (χ4v) is 2.92. The molecule has 9 nitrogen and oxygen atoms in total. The zero-order valence-electron chi connectivity index (χ0n) is 12.5. The number of nitrogens with two attached hydrogens (primary N) is 1. The summed E-state index contributed by atoms with van der Waals surface area (Å²) in [6.07, 6.45) is 0. The molecule has 0 saturated carbocycles. The van der Waals surface area contributed by atoms with Crippen molar-refractivity contribution in [1.29, 1.82) is 0 Å². The standard InChI is InChI=1S/C15H11ClN2O7/c16-6-1-5-3-24-4-25-11(5)7(2-6)8-9(14(20)21)12(17)18-13(19)10(8)15(22)23/h1-2H,3-4H2,(H,20,21)(H,22,23)(H3,17,18,19). The third-order valence-corrected chi connectivity index (χ3v) is 3.83. The highest BCUT2D eigenvalue weighted by Gasteiger charge is 2.30. The first-order valence-electron chi connectivity index (χ1n) is 6.87. The second-order valence-corrected chi connectivity index (χ2v) is 5.59. The molecule has 0 aliphatic carbocycles. The van der Waals surface area contributed by atoms with E-state index in [1.165, 1.54) is 12.1 Å². The molecule has 0 amide bonds. The number of fused-ring (bicyclic) bond motifs is 1. The number of nitrogens with one attached hydrogen (secondary N) is 1. The van der Waals surface area contributed by atoms with Crippen LogP contribution in [0, 0.1) is 0 Å². The Morgan fingerprint density at radius 2 is 1.88 bits per heavy atom. The van der Waals surface area contributed by atoms with E-state index in [9.17, 15) is 24.6 Å². The van der Waals surface area contributed by atoms with Crippen LogP contribution in [0.25, 0.3) is 11.1 Å². The number of H-pyrrole nitrogens is 1. The van der Waals surface area contributed by atoms with Gasteiger partial charge in [-0.25, -0.2) is 9.59 Å². The highest BCUT2D eigenvalue weighted by Crippen LogP contribution is 2.41. The number of anilines is 1. The Balaban J connectivity index is 2.49. The van der Waals surface area contributed by atoms with Gasteiger partial charge in [-0.3, -0.25) is 4.79 Å². The third-order valence-electron chi connectivity index (χ3n) is 3.62. The lowest BCUT2D eigenvalue weighted by molar-refractivity contribution is -0.0159. The van der Waals surface area contributed by atoms with Gasteiger partial charge >= 0.3 is 11.9 Å². The number of benzene rings is 1. The SMILES string of the molecule is Nc1[nH]c(=O)c(C(=O)O)c(-c2cc(Cl)cc3c2OCOC3)c1C(=O)O. The number of ether oxygens (including phenoxy) is 2. The molecule has 1 aromatic heterocycles. The predicted octanol–water partition coefficient (Wildman–Crippen LogP) is 1.54. The first kappa shape index (κ1) is 16.8. The fraction of sp³-hybridized carbons (Fsp3) is 0.133. The molecule has 0 spiro atoms. The lowest BCUT2D eigenvalue weighted by Crippen LogP contribution is -2.24. The molecule has 3 rings (SSSR count). The van der Waals surface area contributed by atoms with Gasteiger partial charge in [-0.05, 0) is 12.1 Å². The lowest BCUT2D eigenvalue weighted by Gasteiger charge is -2.22. The molecule has 2 aromatic rings. The van der Waals surface area contributed by atoms with E-state index in [4.69, 9.17) is 26.8 Å². The van der Waals surface area contributed by atoms with Gasteiger partial charge in [0.15, 0.2) is 6.79 Å². The van der Waals surface area contributed by atoms with Crippen molar-refractivity contribution in [3.05, 3.63) is 44.2 Å². The van der Waals surface area contributed by atoms with Crippen molar-refractivity contribution in [3.63, 3.8) is 0 Å². The quantitative estimate of drug-likeness (QED) is 0.638. The molecule has 130 valence electrons. The molecule has 25 heavy (non-hydrogen) atoms. The van der Waals surface area contributed by atoms with E-state index in [1.807, 2.05) is 4.98 Å². The van der Waals surface area contributed by atoms with Gasteiger partial charge < -0.3 is 30.4 Å². The number of hydrogen-bond donors (Lipinski definition) is 4. The van der Waals surface area contributed by atoms with Crippen molar-refractivity contribution in [2.45, 2.75) is 6.61 Å². The van der Waals surface area contributed by atoms with Crippen LogP contribution in [0.3, 0.4) is 0 Å². The molecule has 0 saturated heterocycles. The van der Waals surface area contributed by atoms with Crippen molar-refractivity contribution < 1.29 is 29.3 Å². The summed E-state index contributed by atoms with van der Waals surface area (Å²) in [7, 11) is 0. The fourth-order valence-electron chi connectivity index (χ4n) is 2.68. The second kappa shape index (κ2) is 6.11. The van der Waals surface area contributed by atoms with E-state index in [2.05, 4.69) is 0 Å². The van der Waals surface area contributed by atoms with Crippen LogP contribution in [0.5, 0.6) is 5.75 Å². The third kappa shape index (κ3) is 2.79. The topological polar surface area (TPSA) is 152 Å². The molecule has 2 heterocycles. The zero-order chi connectivity index (χ0) is 18.3. The van der Waals surface area contributed by atoms with Gasteiger partial charge in [-0.1, -0.05) is 11.6 Å². The van der Waals surface area contributed by atoms with E-state index < -0.39 is 34.4 Å². The zero-order valence-corrected chi connectivity index (χ0v) is 13.2. The van der Waals surface area contributed by atoms with Gasteiger partial charge in [-0.2, -0.15) is 0 Å². The van der Waals surface area contributed by atoms with Gasteiger partial charge in [-0.15, -0.1) is 0 Å². The first-order valence-corrected chi connectivity index (χ1v) is 7.24. The van der Waals surface area contributed by atoms with Gasteiger partial charge in [0.2, 0.25) is 0 Å². The minimum Gasteiger partial charge on any atom is -0.478 e. The van der Waals surface area contributed by atoms with E-state index in [-0.39, 0.29) is 35.3 Å². The Morgan fingerprint density at radius 3 is 2.52 bits per heavy atom. The summed E-state index contributed by atoms with van der Waals surface area (Å²) in [5, 5.41) is 19.1. The van der Waals surface area contributed by atoms with Crippen LogP contribution in [0.15, 0.2) is 16.9 Å². The molecule has 10 heteroatoms. The van der Waals surface area contributed by atoms with E-state index in [1.54, 1.807) is 0 Å². The molecule has 1 aliphatic rings. The number of rotatable bonds is 3. The van der Waals surface area contributed by atoms with E-state index >= 15 is 0 Å². The molecular formula is C15H11ClN2O7. The number of carbonyl (C=O) groups is 2. The van der Waals surface area contributed by atoms with Crippen molar-refractivity contribution in [1.82, 2.24) is 4.98 Å². The average Bonchev–Trinajstić information content (AvgIpc) is 2.52. The smallest absolute Gasteiger partial charge is 0.342 e. The lowest BCUT2D eigenvalue weighted by atomic mass is 9.93. The summed E-state index contributed by atoms with van der Waals surface area (Å²) < 4.78 is 10.5.